The second kappa shape index (κ2) is 41.9. The molecule has 0 spiro atoms. The van der Waals surface area contributed by atoms with Crippen molar-refractivity contribution in [1.82, 2.24) is 5.32 Å². The summed E-state index contributed by atoms with van der Waals surface area (Å²) >= 11 is 0. The van der Waals surface area contributed by atoms with Crippen LogP contribution in [0.1, 0.15) is 220 Å². The number of hydrogen-bond donors (Lipinski definition) is 2. The topological polar surface area (TPSA) is 109 Å². The Balaban J connectivity index is 4.89. The Kier molecular flexibility index (Phi) is 41.3. The third-order valence-corrected chi connectivity index (χ3v) is 11.9. The highest BCUT2D eigenvalue weighted by Crippen LogP contribution is 2.49. The molecule has 54 heavy (non-hydrogen) atoms. The van der Waals surface area contributed by atoms with Crippen molar-refractivity contribution < 1.29 is 27.7 Å². The van der Waals surface area contributed by atoms with Gasteiger partial charge < -0.3 is 15.8 Å². The molecule has 8 nitrogen and oxygen atoms in total. The van der Waals surface area contributed by atoms with Gasteiger partial charge in [0.15, 0.2) is 0 Å². The van der Waals surface area contributed by atoms with Gasteiger partial charge in [-0.25, -0.2) is 4.57 Å². The maximum atomic E-state index is 13.2. The van der Waals surface area contributed by atoms with Gasteiger partial charge in [-0.05, 0) is 18.8 Å². The fourth-order valence-corrected chi connectivity index (χ4v) is 8.23. The monoisotopic (exact) mass is 787 g/mol. The SMILES string of the molecule is C=CCOP(=O)(OCCN)OC[C@@H](COCC[C@H](CCCCCCC)CCCCCCCCCCCCC)NC(=O)CCCCCCCCCCCCC. The first kappa shape index (κ1) is 53.2. The summed E-state index contributed by atoms with van der Waals surface area (Å²) in [5, 5.41) is 3.09. The summed E-state index contributed by atoms with van der Waals surface area (Å²) in [5.74, 6) is 0.627. The van der Waals surface area contributed by atoms with Crippen molar-refractivity contribution in [2.24, 2.45) is 11.7 Å². The van der Waals surface area contributed by atoms with Crippen molar-refractivity contribution in [2.45, 2.75) is 226 Å². The van der Waals surface area contributed by atoms with Crippen LogP contribution in [0, 0.1) is 5.92 Å². The summed E-state index contributed by atoms with van der Waals surface area (Å²) in [6, 6.07) is -0.466. The molecule has 1 unspecified atom stereocenters. The number of nitrogens with two attached hydrogens (primary N) is 1. The molecule has 3 N–H and O–H groups in total. The molecule has 0 saturated heterocycles. The average Bonchev–Trinajstić information content (AvgIpc) is 3.17. The van der Waals surface area contributed by atoms with Gasteiger partial charge in [-0.2, -0.15) is 0 Å². The summed E-state index contributed by atoms with van der Waals surface area (Å²) in [6.45, 7) is 11.6. The molecule has 0 bridgehead atoms. The van der Waals surface area contributed by atoms with Crippen molar-refractivity contribution in [3.8, 4) is 0 Å². The van der Waals surface area contributed by atoms with E-state index in [1.54, 1.807) is 0 Å². The van der Waals surface area contributed by atoms with Gasteiger partial charge in [0.05, 0.1) is 32.5 Å². The third kappa shape index (κ3) is 36.9. The lowest BCUT2D eigenvalue weighted by Gasteiger charge is -2.23. The van der Waals surface area contributed by atoms with Gasteiger partial charge in [0.25, 0.3) is 0 Å². The van der Waals surface area contributed by atoms with Crippen LogP contribution >= 0.6 is 7.82 Å². The lowest BCUT2D eigenvalue weighted by molar-refractivity contribution is -0.122. The molecular weight excluding hydrogens is 695 g/mol. The smallest absolute Gasteiger partial charge is 0.379 e. The summed E-state index contributed by atoms with van der Waals surface area (Å²) in [7, 11) is -3.86. The standard InChI is InChI=1S/C45H91N2O6P/c1-5-9-12-15-17-19-21-23-25-28-31-34-43(33-30-27-14-11-7-3)36-39-50-41-44(42-53-54(49,51-38-8-4)52-40-37-46)47-45(48)35-32-29-26-24-22-20-18-16-13-10-6-2/h8,43-44H,4-7,9-42,46H2,1-3H3,(H,47,48)/t43-,44-,54?/m1/s1. The maximum absolute atomic E-state index is 13.2. The Bertz CT molecular complexity index is 847. The van der Waals surface area contributed by atoms with Crippen LogP contribution < -0.4 is 11.1 Å². The first-order chi connectivity index (χ1) is 26.4. The molecule has 0 saturated carbocycles. The maximum Gasteiger partial charge on any atom is 0.475 e. The number of carbonyl (C=O) groups excluding carboxylic acids is 1. The average molecular weight is 787 g/mol. The molecule has 0 fully saturated rings. The van der Waals surface area contributed by atoms with Crippen LogP contribution in [0.2, 0.25) is 0 Å². The highest BCUT2D eigenvalue weighted by Gasteiger charge is 2.28. The van der Waals surface area contributed by atoms with Crippen molar-refractivity contribution in [3.05, 3.63) is 12.7 Å². The van der Waals surface area contributed by atoms with Gasteiger partial charge in [0, 0.05) is 19.6 Å². The van der Waals surface area contributed by atoms with Crippen LogP contribution in [-0.2, 0) is 27.7 Å². The van der Waals surface area contributed by atoms with Crippen molar-refractivity contribution in [3.63, 3.8) is 0 Å². The zero-order valence-corrected chi connectivity index (χ0v) is 37.0. The predicted octanol–water partition coefficient (Wildman–Crippen LogP) is 13.6. The number of phosphoric acid groups is 1. The fraction of sp³-hybridized carbons (Fsp3) is 0.933. The van der Waals surface area contributed by atoms with E-state index in [9.17, 15) is 9.36 Å². The molecule has 322 valence electrons. The zero-order chi connectivity index (χ0) is 39.6. The van der Waals surface area contributed by atoms with Gasteiger partial charge in [0.1, 0.15) is 0 Å². The predicted molar refractivity (Wildman–Crippen MR) is 231 cm³/mol. The first-order valence-electron chi connectivity index (χ1n) is 23.2. The van der Waals surface area contributed by atoms with Gasteiger partial charge in [-0.15, -0.1) is 6.58 Å². The van der Waals surface area contributed by atoms with E-state index in [0.29, 0.717) is 18.9 Å². The molecule has 0 aliphatic carbocycles. The Labute approximate surface area is 335 Å². The molecule has 0 aromatic heterocycles. The number of nitrogens with one attached hydrogen (secondary N) is 1. The summed E-state index contributed by atoms with van der Waals surface area (Å²) < 4.78 is 35.9. The van der Waals surface area contributed by atoms with Gasteiger partial charge in [-0.1, -0.05) is 207 Å². The number of phosphoric ester groups is 1. The second-order valence-electron chi connectivity index (χ2n) is 15.8. The van der Waals surface area contributed by atoms with E-state index in [2.05, 4.69) is 32.7 Å². The number of unbranched alkanes of at least 4 members (excludes halogenated alkanes) is 24. The van der Waals surface area contributed by atoms with E-state index in [4.69, 9.17) is 24.0 Å². The lowest BCUT2D eigenvalue weighted by Crippen LogP contribution is -2.41. The highest BCUT2D eigenvalue weighted by atomic mass is 31.2. The normalized spacial score (nSPS) is 13.9. The van der Waals surface area contributed by atoms with Crippen molar-refractivity contribution >= 4 is 13.7 Å². The number of rotatable bonds is 45. The molecule has 0 radical (unpaired) electrons. The molecule has 0 aliphatic rings. The third-order valence-electron chi connectivity index (χ3n) is 10.4. The van der Waals surface area contributed by atoms with Gasteiger partial charge >= 0.3 is 7.82 Å². The Morgan fingerprint density at radius 1 is 0.593 bits per heavy atom. The minimum atomic E-state index is -3.86. The van der Waals surface area contributed by atoms with Gasteiger partial charge in [0.2, 0.25) is 5.91 Å². The van der Waals surface area contributed by atoms with Crippen LogP contribution in [0.15, 0.2) is 12.7 Å². The zero-order valence-electron chi connectivity index (χ0n) is 36.1. The summed E-state index contributed by atoms with van der Waals surface area (Å²) in [6.07, 6.45) is 40.7. The molecule has 0 aliphatic heterocycles. The van der Waals surface area contributed by atoms with Crippen LogP contribution in [-0.4, -0.2) is 51.5 Å². The van der Waals surface area contributed by atoms with Crippen molar-refractivity contribution in [1.29, 1.82) is 0 Å². The van der Waals surface area contributed by atoms with Crippen molar-refractivity contribution in [2.75, 3.05) is 39.6 Å². The summed E-state index contributed by atoms with van der Waals surface area (Å²) in [5.41, 5.74) is 5.58. The van der Waals surface area contributed by atoms with E-state index in [1.165, 1.54) is 179 Å². The number of ether oxygens (including phenoxy) is 1. The molecule has 9 heteroatoms. The molecule has 0 aromatic carbocycles. The summed E-state index contributed by atoms with van der Waals surface area (Å²) in [4.78, 5) is 13.0. The quantitative estimate of drug-likeness (QED) is 0.0359. The largest absolute Gasteiger partial charge is 0.475 e. The van der Waals surface area contributed by atoms with E-state index in [-0.39, 0.29) is 38.9 Å². The van der Waals surface area contributed by atoms with Crippen LogP contribution in [0.5, 0.6) is 0 Å². The number of carbonyl (C=O) groups is 1. The van der Waals surface area contributed by atoms with E-state index >= 15 is 0 Å². The molecule has 1 amide bonds. The number of amides is 1. The Morgan fingerprint density at radius 2 is 1.04 bits per heavy atom. The molecule has 0 heterocycles. The first-order valence-corrected chi connectivity index (χ1v) is 24.6. The van der Waals surface area contributed by atoms with Crippen LogP contribution in [0.4, 0.5) is 0 Å². The van der Waals surface area contributed by atoms with Crippen LogP contribution in [0.25, 0.3) is 0 Å². The molecule has 0 rings (SSSR count). The Hall–Kier alpha value is -0.760. The molecule has 3 atom stereocenters. The van der Waals surface area contributed by atoms with E-state index < -0.39 is 13.9 Å². The van der Waals surface area contributed by atoms with Gasteiger partial charge in [-0.3, -0.25) is 18.4 Å². The lowest BCUT2D eigenvalue weighted by atomic mass is 9.91. The highest BCUT2D eigenvalue weighted by molar-refractivity contribution is 7.48. The number of hydrogen-bond acceptors (Lipinski definition) is 7. The van der Waals surface area contributed by atoms with E-state index in [1.807, 2.05) is 0 Å². The molecule has 0 aromatic rings. The minimum Gasteiger partial charge on any atom is -0.379 e. The second-order valence-corrected chi connectivity index (χ2v) is 17.4. The van der Waals surface area contributed by atoms with E-state index in [0.717, 1.165) is 19.3 Å². The fourth-order valence-electron chi connectivity index (χ4n) is 7.03. The van der Waals surface area contributed by atoms with Crippen LogP contribution in [0.3, 0.4) is 0 Å². The minimum absolute atomic E-state index is 0.0210. The Morgan fingerprint density at radius 3 is 1.48 bits per heavy atom. The molecular formula is C45H91N2O6P.